The quantitative estimate of drug-likeness (QED) is 0.724. The summed E-state index contributed by atoms with van der Waals surface area (Å²) in [7, 11) is 0. The van der Waals surface area contributed by atoms with Crippen molar-refractivity contribution in [2.75, 3.05) is 24.7 Å². The molecule has 0 spiro atoms. The average molecular weight is 479 g/mol. The second kappa shape index (κ2) is 8.43. The Labute approximate surface area is 181 Å². The largest absolute Gasteiger partial charge is 0.381 e. The van der Waals surface area contributed by atoms with E-state index >= 15 is 0 Å². The highest BCUT2D eigenvalue weighted by Crippen LogP contribution is 2.35. The molecule has 0 radical (unpaired) electrons. The van der Waals surface area contributed by atoms with Gasteiger partial charge in [-0.15, -0.1) is 0 Å². The molecule has 2 aromatic rings. The number of anilines is 1. The van der Waals surface area contributed by atoms with Gasteiger partial charge in [0.25, 0.3) is 0 Å². The highest BCUT2D eigenvalue weighted by molar-refractivity contribution is 9.10. The topological polar surface area (TPSA) is 58.6 Å². The van der Waals surface area contributed by atoms with Gasteiger partial charge < -0.3 is 15.0 Å². The monoisotopic (exact) mass is 478 g/mol. The summed E-state index contributed by atoms with van der Waals surface area (Å²) in [4.78, 5) is 26.8. The summed E-state index contributed by atoms with van der Waals surface area (Å²) in [5.41, 5.74) is 0.375. The Morgan fingerprint density at radius 2 is 1.93 bits per heavy atom. The molecule has 1 unspecified atom stereocenters. The van der Waals surface area contributed by atoms with Gasteiger partial charge in [0.15, 0.2) is 0 Å². The summed E-state index contributed by atoms with van der Waals surface area (Å²) in [6.07, 6.45) is 1.21. The van der Waals surface area contributed by atoms with Crippen LogP contribution in [0.25, 0.3) is 0 Å². The first-order valence-electron chi connectivity index (χ1n) is 9.79. The molecular formula is C22H21BrF2N2O3. The van der Waals surface area contributed by atoms with E-state index in [-0.39, 0.29) is 30.5 Å². The number of nitrogens with one attached hydrogen (secondary N) is 1. The number of carbonyl (C=O) groups is 2. The maximum Gasteiger partial charge on any atom is 0.227 e. The number of amides is 2. The lowest BCUT2D eigenvalue weighted by molar-refractivity contribution is -0.129. The normalized spacial score (nSPS) is 21.0. The molecule has 1 atom stereocenters. The molecule has 8 heteroatoms. The molecular weight excluding hydrogens is 458 g/mol. The van der Waals surface area contributed by atoms with Gasteiger partial charge in [0.1, 0.15) is 11.6 Å². The van der Waals surface area contributed by atoms with E-state index in [1.807, 2.05) is 24.3 Å². The standard InChI is InChI=1S/C22H21BrF2N2O3/c23-16-3-1-2-15(11-16)22(6-8-30-9-7-22)26-21(29)14-10-20(28)27(13-14)19-5-4-17(24)12-18(19)25/h1-5,11-12,14H,6-10,13H2,(H,26,29). The number of carbonyl (C=O) groups excluding carboxylic acids is 2. The predicted molar refractivity (Wildman–Crippen MR) is 111 cm³/mol. The number of hydrogen-bond donors (Lipinski definition) is 1. The minimum Gasteiger partial charge on any atom is -0.381 e. The first kappa shape index (κ1) is 20.9. The maximum atomic E-state index is 14.1. The van der Waals surface area contributed by atoms with Crippen molar-refractivity contribution in [3.05, 3.63) is 64.1 Å². The van der Waals surface area contributed by atoms with E-state index in [0.717, 1.165) is 22.2 Å². The van der Waals surface area contributed by atoms with Gasteiger partial charge in [-0.1, -0.05) is 28.1 Å². The van der Waals surface area contributed by atoms with E-state index in [4.69, 9.17) is 4.74 Å². The Balaban J connectivity index is 1.54. The SMILES string of the molecule is O=C(NC1(c2cccc(Br)c2)CCOCC1)C1CC(=O)N(c2ccc(F)cc2F)C1. The van der Waals surface area contributed by atoms with Crippen LogP contribution in [0.4, 0.5) is 14.5 Å². The number of ether oxygens (including phenoxy) is 1. The molecule has 2 aromatic carbocycles. The van der Waals surface area contributed by atoms with Crippen molar-refractivity contribution >= 4 is 33.4 Å². The maximum absolute atomic E-state index is 14.1. The number of hydrogen-bond acceptors (Lipinski definition) is 3. The molecule has 0 saturated carbocycles. The van der Waals surface area contributed by atoms with Crippen LogP contribution in [0.3, 0.4) is 0 Å². The van der Waals surface area contributed by atoms with Crippen molar-refractivity contribution < 1.29 is 23.1 Å². The molecule has 1 N–H and O–H groups in total. The second-order valence-electron chi connectivity index (χ2n) is 7.70. The highest BCUT2D eigenvalue weighted by atomic mass is 79.9. The van der Waals surface area contributed by atoms with Crippen LogP contribution in [0.2, 0.25) is 0 Å². The summed E-state index contributed by atoms with van der Waals surface area (Å²) < 4.78 is 33.8. The Morgan fingerprint density at radius 3 is 2.63 bits per heavy atom. The molecule has 2 saturated heterocycles. The fourth-order valence-electron chi connectivity index (χ4n) is 4.15. The highest BCUT2D eigenvalue weighted by Gasteiger charge is 2.41. The van der Waals surface area contributed by atoms with E-state index in [1.165, 1.54) is 11.0 Å². The Kier molecular flexibility index (Phi) is 5.88. The summed E-state index contributed by atoms with van der Waals surface area (Å²) in [6.45, 7) is 1.09. The van der Waals surface area contributed by atoms with Gasteiger partial charge in [-0.25, -0.2) is 8.78 Å². The van der Waals surface area contributed by atoms with E-state index in [0.29, 0.717) is 26.1 Å². The van der Waals surface area contributed by atoms with E-state index < -0.39 is 23.1 Å². The van der Waals surface area contributed by atoms with Crippen molar-refractivity contribution in [1.82, 2.24) is 5.32 Å². The fourth-order valence-corrected chi connectivity index (χ4v) is 4.55. The minimum absolute atomic E-state index is 0.00975. The molecule has 5 nitrogen and oxygen atoms in total. The molecule has 30 heavy (non-hydrogen) atoms. The number of rotatable bonds is 4. The van der Waals surface area contributed by atoms with Gasteiger partial charge in [0.2, 0.25) is 11.8 Å². The van der Waals surface area contributed by atoms with Crippen molar-refractivity contribution in [2.24, 2.45) is 5.92 Å². The zero-order chi connectivity index (χ0) is 21.3. The van der Waals surface area contributed by atoms with Crippen LogP contribution in [-0.4, -0.2) is 31.6 Å². The smallest absolute Gasteiger partial charge is 0.227 e. The molecule has 0 bridgehead atoms. The third kappa shape index (κ3) is 4.11. The van der Waals surface area contributed by atoms with Gasteiger partial charge in [-0.3, -0.25) is 9.59 Å². The van der Waals surface area contributed by atoms with Gasteiger partial charge in [0.05, 0.1) is 17.1 Å². The van der Waals surface area contributed by atoms with Gasteiger partial charge in [-0.05, 0) is 42.7 Å². The second-order valence-corrected chi connectivity index (χ2v) is 8.61. The van der Waals surface area contributed by atoms with Crippen molar-refractivity contribution in [1.29, 1.82) is 0 Å². The number of halogens is 3. The van der Waals surface area contributed by atoms with Gasteiger partial charge in [0, 0.05) is 36.7 Å². The van der Waals surface area contributed by atoms with Gasteiger partial charge in [-0.2, -0.15) is 0 Å². The lowest BCUT2D eigenvalue weighted by Gasteiger charge is -2.39. The van der Waals surface area contributed by atoms with Crippen molar-refractivity contribution in [3.8, 4) is 0 Å². The summed E-state index contributed by atoms with van der Waals surface area (Å²) in [5.74, 6) is -2.76. The number of benzene rings is 2. The fraction of sp³-hybridized carbons (Fsp3) is 0.364. The zero-order valence-electron chi connectivity index (χ0n) is 16.2. The van der Waals surface area contributed by atoms with Crippen LogP contribution in [-0.2, 0) is 19.9 Å². The number of nitrogens with zero attached hydrogens (tertiary/aromatic N) is 1. The lowest BCUT2D eigenvalue weighted by Crippen LogP contribution is -2.51. The molecule has 4 rings (SSSR count). The molecule has 2 aliphatic rings. The first-order valence-corrected chi connectivity index (χ1v) is 10.6. The van der Waals surface area contributed by atoms with Crippen molar-refractivity contribution in [3.63, 3.8) is 0 Å². The third-order valence-corrected chi connectivity index (χ3v) is 6.28. The summed E-state index contributed by atoms with van der Waals surface area (Å²) in [6, 6.07) is 10.8. The predicted octanol–water partition coefficient (Wildman–Crippen LogP) is 3.90. The van der Waals surface area contributed by atoms with Crippen LogP contribution in [0, 0.1) is 17.6 Å². The Morgan fingerprint density at radius 1 is 1.17 bits per heavy atom. The van der Waals surface area contributed by atoms with Crippen molar-refractivity contribution in [2.45, 2.75) is 24.8 Å². The third-order valence-electron chi connectivity index (χ3n) is 5.78. The van der Waals surface area contributed by atoms with Crippen LogP contribution in [0.15, 0.2) is 46.9 Å². The van der Waals surface area contributed by atoms with Crippen LogP contribution in [0.5, 0.6) is 0 Å². The molecule has 158 valence electrons. The molecule has 0 aromatic heterocycles. The molecule has 2 heterocycles. The molecule has 2 amide bonds. The van der Waals surface area contributed by atoms with E-state index in [2.05, 4.69) is 21.2 Å². The van der Waals surface area contributed by atoms with Crippen LogP contribution in [0.1, 0.15) is 24.8 Å². The zero-order valence-corrected chi connectivity index (χ0v) is 17.8. The van der Waals surface area contributed by atoms with Gasteiger partial charge >= 0.3 is 0 Å². The van der Waals surface area contributed by atoms with E-state index in [1.54, 1.807) is 0 Å². The summed E-state index contributed by atoms with van der Waals surface area (Å²) >= 11 is 3.48. The Bertz CT molecular complexity index is 979. The van der Waals surface area contributed by atoms with Crippen LogP contribution >= 0.6 is 15.9 Å². The molecule has 0 aliphatic carbocycles. The van der Waals surface area contributed by atoms with E-state index in [9.17, 15) is 18.4 Å². The average Bonchev–Trinajstić information content (AvgIpc) is 3.10. The Hall–Kier alpha value is -2.32. The molecule has 2 fully saturated rings. The molecule has 2 aliphatic heterocycles. The first-order chi connectivity index (χ1) is 14.4. The minimum atomic E-state index is -0.820. The lowest BCUT2D eigenvalue weighted by atomic mass is 9.82. The summed E-state index contributed by atoms with van der Waals surface area (Å²) in [5, 5.41) is 3.16. The van der Waals surface area contributed by atoms with Crippen LogP contribution < -0.4 is 10.2 Å².